The molecule has 0 spiro atoms. The average molecular weight is 274 g/mol. The summed E-state index contributed by atoms with van der Waals surface area (Å²) in [4.78, 5) is 14.3. The molecule has 1 heterocycles. The highest BCUT2D eigenvalue weighted by atomic mass is 16.4. The van der Waals surface area contributed by atoms with Crippen LogP contribution < -0.4 is 4.90 Å². The molecule has 0 aliphatic carbocycles. The number of unbranched alkanes of at least 4 members (excludes halogenated alkanes) is 2. The Morgan fingerprint density at radius 1 is 1.35 bits per heavy atom. The van der Waals surface area contributed by atoms with Gasteiger partial charge < -0.3 is 10.1 Å². The summed E-state index contributed by atoms with van der Waals surface area (Å²) in [5.41, 5.74) is 2.42. The molecule has 108 valence electrons. The lowest BCUT2D eigenvalue weighted by Crippen LogP contribution is -2.31. The van der Waals surface area contributed by atoms with Gasteiger partial charge in [0, 0.05) is 18.5 Å². The van der Waals surface area contributed by atoms with Crippen LogP contribution in [0, 0.1) is 0 Å². The van der Waals surface area contributed by atoms with Crippen molar-refractivity contribution in [3.8, 4) is 0 Å². The predicted octanol–water partition coefficient (Wildman–Crippen LogP) is 3.57. The summed E-state index contributed by atoms with van der Waals surface area (Å²) in [7, 11) is 0. The van der Waals surface area contributed by atoms with Gasteiger partial charge in [-0.2, -0.15) is 0 Å². The minimum absolute atomic E-state index is 0.171. The Balaban J connectivity index is 2.23. The molecule has 1 amide bonds. The van der Waals surface area contributed by atoms with E-state index in [1.165, 1.54) is 0 Å². The van der Waals surface area contributed by atoms with Gasteiger partial charge in [-0.05, 0) is 25.3 Å². The van der Waals surface area contributed by atoms with Gasteiger partial charge in [0.25, 0.3) is 0 Å². The number of hydrogen-bond acceptors (Lipinski definition) is 3. The number of amides is 1. The SMILES string of the molecule is CCCCCC(=O)N1CCC/C(=N/O)c2ccccc21. The molecule has 0 aromatic heterocycles. The molecule has 20 heavy (non-hydrogen) atoms. The van der Waals surface area contributed by atoms with Crippen molar-refractivity contribution in [2.75, 3.05) is 11.4 Å². The molecule has 0 fully saturated rings. The molecule has 1 N–H and O–H groups in total. The third-order valence-corrected chi connectivity index (χ3v) is 3.72. The number of rotatable bonds is 4. The molecule has 4 nitrogen and oxygen atoms in total. The highest BCUT2D eigenvalue weighted by Crippen LogP contribution is 2.27. The Bertz CT molecular complexity index is 497. The third-order valence-electron chi connectivity index (χ3n) is 3.72. The molecule has 1 aromatic rings. The first-order valence-electron chi connectivity index (χ1n) is 7.38. The maximum absolute atomic E-state index is 12.4. The number of nitrogens with zero attached hydrogens (tertiary/aromatic N) is 2. The number of carbonyl (C=O) groups is 1. The standard InChI is InChI=1S/C16H22N2O2/c1-2-3-4-11-16(19)18-12-7-9-14(17-20)13-8-5-6-10-15(13)18/h5-6,8,10,20H,2-4,7,9,11-12H2,1H3/b17-14-. The first-order chi connectivity index (χ1) is 9.77. The summed E-state index contributed by atoms with van der Waals surface area (Å²) < 4.78 is 0. The zero-order valence-corrected chi connectivity index (χ0v) is 12.0. The van der Waals surface area contributed by atoms with Gasteiger partial charge in [0.05, 0.1) is 11.4 Å². The molecule has 1 aromatic carbocycles. The minimum atomic E-state index is 0.171. The lowest BCUT2D eigenvalue weighted by atomic mass is 10.1. The molecule has 1 aliphatic heterocycles. The van der Waals surface area contributed by atoms with Gasteiger partial charge in [-0.1, -0.05) is 43.1 Å². The number of hydrogen-bond donors (Lipinski definition) is 1. The maximum atomic E-state index is 12.4. The van der Waals surface area contributed by atoms with Crippen molar-refractivity contribution in [1.29, 1.82) is 0 Å². The van der Waals surface area contributed by atoms with Gasteiger partial charge in [0.2, 0.25) is 5.91 Å². The monoisotopic (exact) mass is 274 g/mol. The van der Waals surface area contributed by atoms with E-state index in [1.807, 2.05) is 29.2 Å². The van der Waals surface area contributed by atoms with Gasteiger partial charge in [0.1, 0.15) is 0 Å². The number of benzene rings is 1. The van der Waals surface area contributed by atoms with Crippen LogP contribution in [0.5, 0.6) is 0 Å². The van der Waals surface area contributed by atoms with Crippen molar-refractivity contribution in [3.05, 3.63) is 29.8 Å². The Morgan fingerprint density at radius 2 is 2.15 bits per heavy atom. The van der Waals surface area contributed by atoms with Crippen LogP contribution in [0.3, 0.4) is 0 Å². The van der Waals surface area contributed by atoms with Crippen LogP contribution >= 0.6 is 0 Å². The first-order valence-corrected chi connectivity index (χ1v) is 7.38. The number of para-hydroxylation sites is 1. The quantitative estimate of drug-likeness (QED) is 0.518. The summed E-state index contributed by atoms with van der Waals surface area (Å²) in [6.45, 7) is 2.83. The van der Waals surface area contributed by atoms with E-state index in [4.69, 9.17) is 5.21 Å². The van der Waals surface area contributed by atoms with Crippen LogP contribution in [0.1, 0.15) is 51.0 Å². The molecule has 0 saturated heterocycles. The Morgan fingerprint density at radius 3 is 2.90 bits per heavy atom. The van der Waals surface area contributed by atoms with Crippen molar-refractivity contribution in [2.24, 2.45) is 5.16 Å². The molecule has 0 saturated carbocycles. The zero-order chi connectivity index (χ0) is 14.4. The van der Waals surface area contributed by atoms with Crippen LogP contribution in [-0.2, 0) is 4.79 Å². The van der Waals surface area contributed by atoms with Crippen molar-refractivity contribution >= 4 is 17.3 Å². The first kappa shape index (κ1) is 14.6. The second-order valence-electron chi connectivity index (χ2n) is 5.17. The third kappa shape index (κ3) is 3.18. The molecule has 0 bridgehead atoms. The van der Waals surface area contributed by atoms with Gasteiger partial charge in [-0.15, -0.1) is 0 Å². The maximum Gasteiger partial charge on any atom is 0.226 e. The Labute approximate surface area is 120 Å². The van der Waals surface area contributed by atoms with Crippen LogP contribution in [0.4, 0.5) is 5.69 Å². The van der Waals surface area contributed by atoms with Gasteiger partial charge >= 0.3 is 0 Å². The van der Waals surface area contributed by atoms with Gasteiger partial charge in [-0.3, -0.25) is 4.79 Å². The highest BCUT2D eigenvalue weighted by Gasteiger charge is 2.23. The van der Waals surface area contributed by atoms with E-state index in [2.05, 4.69) is 12.1 Å². The largest absolute Gasteiger partial charge is 0.411 e. The number of anilines is 1. The van der Waals surface area contributed by atoms with E-state index in [1.54, 1.807) is 0 Å². The topological polar surface area (TPSA) is 52.9 Å². The van der Waals surface area contributed by atoms with E-state index in [0.29, 0.717) is 25.1 Å². The Hall–Kier alpha value is -1.84. The zero-order valence-electron chi connectivity index (χ0n) is 12.0. The van der Waals surface area contributed by atoms with Crippen molar-refractivity contribution in [3.63, 3.8) is 0 Å². The van der Waals surface area contributed by atoms with Crippen LogP contribution in [-0.4, -0.2) is 23.4 Å². The number of carbonyl (C=O) groups excluding carboxylic acids is 1. The average Bonchev–Trinajstić information content (AvgIpc) is 2.66. The second kappa shape index (κ2) is 7.08. The fourth-order valence-electron chi connectivity index (χ4n) is 2.64. The molecule has 4 heteroatoms. The van der Waals surface area contributed by atoms with E-state index in [9.17, 15) is 4.79 Å². The van der Waals surface area contributed by atoms with Crippen molar-refractivity contribution in [2.45, 2.75) is 45.4 Å². The van der Waals surface area contributed by atoms with Crippen LogP contribution in [0.2, 0.25) is 0 Å². The van der Waals surface area contributed by atoms with E-state index < -0.39 is 0 Å². The number of oxime groups is 1. The summed E-state index contributed by atoms with van der Waals surface area (Å²) in [6, 6.07) is 7.69. The normalized spacial score (nSPS) is 16.9. The van der Waals surface area contributed by atoms with Crippen LogP contribution in [0.25, 0.3) is 0 Å². The fourth-order valence-corrected chi connectivity index (χ4v) is 2.64. The van der Waals surface area contributed by atoms with E-state index >= 15 is 0 Å². The highest BCUT2D eigenvalue weighted by molar-refractivity contribution is 6.09. The summed E-state index contributed by atoms with van der Waals surface area (Å²) in [5.74, 6) is 0.171. The molecule has 0 unspecified atom stereocenters. The fraction of sp³-hybridized carbons (Fsp3) is 0.500. The van der Waals surface area contributed by atoms with Gasteiger partial charge in [-0.25, -0.2) is 0 Å². The lowest BCUT2D eigenvalue weighted by Gasteiger charge is -2.22. The number of fused-ring (bicyclic) bond motifs is 1. The molecule has 1 aliphatic rings. The predicted molar refractivity (Wildman–Crippen MR) is 80.5 cm³/mol. The van der Waals surface area contributed by atoms with E-state index in [-0.39, 0.29) is 5.91 Å². The van der Waals surface area contributed by atoms with Crippen LogP contribution in [0.15, 0.2) is 29.4 Å². The second-order valence-corrected chi connectivity index (χ2v) is 5.17. The Kier molecular flexibility index (Phi) is 5.16. The molecular formula is C16H22N2O2. The molecule has 0 atom stereocenters. The minimum Gasteiger partial charge on any atom is -0.411 e. The van der Waals surface area contributed by atoms with Crippen molar-refractivity contribution < 1.29 is 10.0 Å². The molecular weight excluding hydrogens is 252 g/mol. The van der Waals surface area contributed by atoms with Gasteiger partial charge in [0.15, 0.2) is 0 Å². The summed E-state index contributed by atoms with van der Waals surface area (Å²) in [6.07, 6.45) is 5.26. The lowest BCUT2D eigenvalue weighted by molar-refractivity contribution is -0.118. The summed E-state index contributed by atoms with van der Waals surface area (Å²) in [5, 5.41) is 12.5. The summed E-state index contributed by atoms with van der Waals surface area (Å²) >= 11 is 0. The molecule has 2 rings (SSSR count). The smallest absolute Gasteiger partial charge is 0.226 e. The molecule has 0 radical (unpaired) electrons. The van der Waals surface area contributed by atoms with E-state index in [0.717, 1.165) is 36.9 Å². The van der Waals surface area contributed by atoms with Crippen molar-refractivity contribution in [1.82, 2.24) is 0 Å².